The monoisotopic (exact) mass is 342 g/mol. The summed E-state index contributed by atoms with van der Waals surface area (Å²) in [7, 11) is 0. The molecule has 124 valence electrons. The number of thiazole rings is 1. The lowest BCUT2D eigenvalue weighted by Crippen LogP contribution is -2.20. The molecule has 24 heavy (non-hydrogen) atoms. The number of rotatable bonds is 5. The standard InChI is InChI=1S/C16H18N6OS/c1-10(2)12-7-11(17)13(8-20-12)21-14(23)9-22-5-3-18-15(22)16-19-4-6-24-16/h3-8,10H,9H2,1-2H3,(H2,17,20)(H,21,23). The summed E-state index contributed by atoms with van der Waals surface area (Å²) in [6.45, 7) is 4.21. The number of hydrogen-bond acceptors (Lipinski definition) is 6. The molecule has 3 rings (SSSR count). The molecular weight excluding hydrogens is 324 g/mol. The largest absolute Gasteiger partial charge is 0.397 e. The van der Waals surface area contributed by atoms with Crippen molar-refractivity contribution in [2.24, 2.45) is 0 Å². The Kier molecular flexibility index (Phi) is 4.57. The molecule has 0 fully saturated rings. The highest BCUT2D eigenvalue weighted by atomic mass is 32.1. The Hall–Kier alpha value is -2.74. The molecule has 7 nitrogen and oxygen atoms in total. The summed E-state index contributed by atoms with van der Waals surface area (Å²) in [5.74, 6) is 0.752. The molecule has 0 aliphatic rings. The third-order valence-electron chi connectivity index (χ3n) is 3.48. The van der Waals surface area contributed by atoms with Crippen molar-refractivity contribution in [3.63, 3.8) is 0 Å². The number of nitrogens with two attached hydrogens (primary N) is 1. The van der Waals surface area contributed by atoms with E-state index in [0.717, 1.165) is 10.7 Å². The number of amides is 1. The summed E-state index contributed by atoms with van der Waals surface area (Å²) in [4.78, 5) is 25.1. The number of imidazole rings is 1. The highest BCUT2D eigenvalue weighted by Gasteiger charge is 2.13. The number of pyridine rings is 1. The van der Waals surface area contributed by atoms with Gasteiger partial charge in [0.1, 0.15) is 6.54 Å². The molecular formula is C16H18N6OS. The summed E-state index contributed by atoms with van der Waals surface area (Å²) in [5.41, 5.74) is 7.92. The summed E-state index contributed by atoms with van der Waals surface area (Å²) in [6, 6.07) is 1.79. The summed E-state index contributed by atoms with van der Waals surface area (Å²) >= 11 is 1.48. The molecule has 0 unspecified atom stereocenters. The first-order valence-electron chi connectivity index (χ1n) is 7.51. The number of nitrogens with one attached hydrogen (secondary N) is 1. The van der Waals surface area contributed by atoms with Gasteiger partial charge < -0.3 is 15.6 Å². The maximum Gasteiger partial charge on any atom is 0.244 e. The first kappa shape index (κ1) is 16.1. The van der Waals surface area contributed by atoms with Crippen molar-refractivity contribution < 1.29 is 4.79 Å². The number of carbonyl (C=O) groups is 1. The number of anilines is 2. The Bertz CT molecular complexity index is 840. The topological polar surface area (TPSA) is 98.7 Å². The van der Waals surface area contributed by atoms with Crippen LogP contribution in [0.4, 0.5) is 11.4 Å². The van der Waals surface area contributed by atoms with Crippen LogP contribution >= 0.6 is 11.3 Å². The number of nitrogens with zero attached hydrogens (tertiary/aromatic N) is 4. The van der Waals surface area contributed by atoms with E-state index in [9.17, 15) is 4.79 Å². The molecule has 0 atom stereocenters. The van der Waals surface area contributed by atoms with Gasteiger partial charge in [0.2, 0.25) is 5.91 Å². The molecule has 0 saturated heterocycles. The zero-order valence-electron chi connectivity index (χ0n) is 13.4. The number of hydrogen-bond donors (Lipinski definition) is 2. The zero-order valence-corrected chi connectivity index (χ0v) is 14.2. The second-order valence-electron chi connectivity index (χ2n) is 5.62. The van der Waals surface area contributed by atoms with Gasteiger partial charge in [0, 0.05) is 29.7 Å². The van der Waals surface area contributed by atoms with Gasteiger partial charge in [-0.15, -0.1) is 11.3 Å². The van der Waals surface area contributed by atoms with Gasteiger partial charge >= 0.3 is 0 Å². The maximum absolute atomic E-state index is 12.3. The van der Waals surface area contributed by atoms with Crippen LogP contribution in [0.15, 0.2) is 36.2 Å². The van der Waals surface area contributed by atoms with Gasteiger partial charge in [-0.05, 0) is 12.0 Å². The molecule has 3 aromatic heterocycles. The molecule has 0 aromatic carbocycles. The van der Waals surface area contributed by atoms with Crippen LogP contribution in [0.5, 0.6) is 0 Å². The summed E-state index contributed by atoms with van der Waals surface area (Å²) < 4.78 is 1.75. The predicted molar refractivity (Wildman–Crippen MR) is 94.7 cm³/mol. The fourth-order valence-corrected chi connectivity index (χ4v) is 2.87. The zero-order chi connectivity index (χ0) is 17.1. The Morgan fingerprint density at radius 2 is 2.17 bits per heavy atom. The van der Waals surface area contributed by atoms with E-state index >= 15 is 0 Å². The average Bonchev–Trinajstić information content (AvgIpc) is 3.19. The lowest BCUT2D eigenvalue weighted by atomic mass is 10.1. The molecule has 3 heterocycles. The van der Waals surface area contributed by atoms with Gasteiger partial charge in [0.05, 0.1) is 17.6 Å². The van der Waals surface area contributed by atoms with E-state index in [0.29, 0.717) is 17.2 Å². The third-order valence-corrected chi connectivity index (χ3v) is 4.24. The van der Waals surface area contributed by atoms with Crippen LogP contribution in [0, 0.1) is 0 Å². The Balaban J connectivity index is 1.72. The second kappa shape index (κ2) is 6.79. The average molecular weight is 342 g/mol. The minimum absolute atomic E-state index is 0.125. The Morgan fingerprint density at radius 3 is 2.83 bits per heavy atom. The second-order valence-corrected chi connectivity index (χ2v) is 6.51. The molecule has 0 aliphatic heterocycles. The van der Waals surface area contributed by atoms with E-state index in [1.807, 2.05) is 19.2 Å². The number of nitrogen functional groups attached to an aromatic ring is 1. The number of aromatic nitrogens is 4. The van der Waals surface area contributed by atoms with Crippen molar-refractivity contribution in [1.29, 1.82) is 0 Å². The molecule has 0 spiro atoms. The van der Waals surface area contributed by atoms with E-state index in [2.05, 4.69) is 20.3 Å². The van der Waals surface area contributed by atoms with Crippen molar-refractivity contribution in [1.82, 2.24) is 19.5 Å². The van der Waals surface area contributed by atoms with Crippen LogP contribution in [0.1, 0.15) is 25.5 Å². The van der Waals surface area contributed by atoms with Gasteiger partial charge in [-0.2, -0.15) is 0 Å². The van der Waals surface area contributed by atoms with E-state index in [1.165, 1.54) is 11.3 Å². The minimum atomic E-state index is -0.198. The fraction of sp³-hybridized carbons (Fsp3) is 0.250. The summed E-state index contributed by atoms with van der Waals surface area (Å²) in [6.07, 6.45) is 6.71. The molecule has 0 bridgehead atoms. The normalized spacial score (nSPS) is 11.0. The quantitative estimate of drug-likeness (QED) is 0.743. The molecule has 8 heteroatoms. The Labute approximate surface area is 143 Å². The third kappa shape index (κ3) is 3.43. The number of carbonyl (C=O) groups excluding carboxylic acids is 1. The van der Waals surface area contributed by atoms with Gasteiger partial charge in [-0.3, -0.25) is 9.78 Å². The lowest BCUT2D eigenvalue weighted by Gasteiger charge is -2.11. The van der Waals surface area contributed by atoms with Crippen molar-refractivity contribution in [3.05, 3.63) is 41.9 Å². The smallest absolute Gasteiger partial charge is 0.244 e. The highest BCUT2D eigenvalue weighted by molar-refractivity contribution is 7.13. The molecule has 0 aliphatic carbocycles. The van der Waals surface area contributed by atoms with Gasteiger partial charge in [-0.1, -0.05) is 13.8 Å². The van der Waals surface area contributed by atoms with Crippen LogP contribution in [0.25, 0.3) is 10.8 Å². The van der Waals surface area contributed by atoms with Crippen molar-refractivity contribution in [2.45, 2.75) is 26.3 Å². The minimum Gasteiger partial charge on any atom is -0.397 e. The van der Waals surface area contributed by atoms with Crippen LogP contribution < -0.4 is 11.1 Å². The van der Waals surface area contributed by atoms with Crippen LogP contribution in [-0.4, -0.2) is 25.4 Å². The van der Waals surface area contributed by atoms with Crippen molar-refractivity contribution in [2.75, 3.05) is 11.1 Å². The van der Waals surface area contributed by atoms with Crippen molar-refractivity contribution in [3.8, 4) is 10.8 Å². The van der Waals surface area contributed by atoms with Gasteiger partial charge in [0.25, 0.3) is 0 Å². The van der Waals surface area contributed by atoms with Crippen LogP contribution in [-0.2, 0) is 11.3 Å². The molecule has 3 N–H and O–H groups in total. The van der Waals surface area contributed by atoms with Crippen LogP contribution in [0.2, 0.25) is 0 Å². The molecule has 0 radical (unpaired) electrons. The van der Waals surface area contributed by atoms with Crippen molar-refractivity contribution >= 4 is 28.6 Å². The SMILES string of the molecule is CC(C)c1cc(N)c(NC(=O)Cn2ccnc2-c2nccs2)cn1. The molecule has 1 amide bonds. The van der Waals surface area contributed by atoms with Gasteiger partial charge in [0.15, 0.2) is 10.8 Å². The first-order chi connectivity index (χ1) is 11.5. The Morgan fingerprint density at radius 1 is 1.33 bits per heavy atom. The van der Waals surface area contributed by atoms with E-state index in [4.69, 9.17) is 5.73 Å². The molecule has 3 aromatic rings. The van der Waals surface area contributed by atoms with E-state index in [-0.39, 0.29) is 18.4 Å². The van der Waals surface area contributed by atoms with E-state index in [1.54, 1.807) is 35.4 Å². The maximum atomic E-state index is 12.3. The lowest BCUT2D eigenvalue weighted by molar-refractivity contribution is -0.116. The first-order valence-corrected chi connectivity index (χ1v) is 8.39. The highest BCUT2D eigenvalue weighted by Crippen LogP contribution is 2.23. The fourth-order valence-electron chi connectivity index (χ4n) is 2.22. The predicted octanol–water partition coefficient (Wildman–Crippen LogP) is 2.75. The molecule has 0 saturated carbocycles. The van der Waals surface area contributed by atoms with Gasteiger partial charge in [-0.25, -0.2) is 9.97 Å². The summed E-state index contributed by atoms with van der Waals surface area (Å²) in [5, 5.41) is 5.44. The van der Waals surface area contributed by atoms with E-state index < -0.39 is 0 Å². The van der Waals surface area contributed by atoms with Crippen LogP contribution in [0.3, 0.4) is 0 Å².